The highest BCUT2D eigenvalue weighted by molar-refractivity contribution is 5.93. The number of benzene rings is 1. The summed E-state index contributed by atoms with van der Waals surface area (Å²) in [7, 11) is 0. The lowest BCUT2D eigenvalue weighted by Crippen LogP contribution is -2.45. The molecule has 0 unspecified atom stereocenters. The van der Waals surface area contributed by atoms with Crippen LogP contribution in [0, 0.1) is 0 Å². The zero-order valence-corrected chi connectivity index (χ0v) is 9.92. The van der Waals surface area contributed by atoms with Gasteiger partial charge in [-0.2, -0.15) is 0 Å². The van der Waals surface area contributed by atoms with Crippen molar-refractivity contribution in [3.63, 3.8) is 0 Å². The number of nitrogens with zero attached hydrogens (tertiary/aromatic N) is 1. The highest BCUT2D eigenvalue weighted by atomic mass is 16.2. The molecular weight excluding hydrogens is 232 g/mol. The van der Waals surface area contributed by atoms with Crippen molar-refractivity contribution in [3.05, 3.63) is 42.0 Å². The van der Waals surface area contributed by atoms with Crippen molar-refractivity contribution in [2.75, 3.05) is 6.54 Å². The van der Waals surface area contributed by atoms with Gasteiger partial charge in [-0.3, -0.25) is 19.8 Å². The molecule has 0 fully saturated rings. The smallest absolute Gasteiger partial charge is 0.265 e. The zero-order chi connectivity index (χ0) is 13.4. The second kappa shape index (κ2) is 7.01. The standard InChI is InChI=1S/C13H13N2O3/c1-11(17)14-15(9-10-16)13(18)8-7-12-5-3-2-4-6-12/h2-8H,9H2,1H3,(H,14,17)/b8-7+. The van der Waals surface area contributed by atoms with Gasteiger partial charge in [-0.25, -0.2) is 5.01 Å². The zero-order valence-electron chi connectivity index (χ0n) is 9.92. The van der Waals surface area contributed by atoms with E-state index in [2.05, 4.69) is 5.43 Å². The van der Waals surface area contributed by atoms with Crippen LogP contribution in [0.1, 0.15) is 12.5 Å². The van der Waals surface area contributed by atoms with Crippen molar-refractivity contribution >= 4 is 24.2 Å². The third-order valence-corrected chi connectivity index (χ3v) is 2.00. The number of nitrogens with one attached hydrogen (secondary N) is 1. The average Bonchev–Trinajstić information content (AvgIpc) is 2.36. The van der Waals surface area contributed by atoms with Gasteiger partial charge in [0.15, 0.2) is 0 Å². The van der Waals surface area contributed by atoms with E-state index in [9.17, 15) is 14.4 Å². The van der Waals surface area contributed by atoms with Crippen LogP contribution in [-0.2, 0) is 14.4 Å². The Hall–Kier alpha value is -2.43. The fraction of sp³-hybridized carbons (Fsp3) is 0.154. The Labute approximate surface area is 105 Å². The summed E-state index contributed by atoms with van der Waals surface area (Å²) < 4.78 is 0. The molecule has 1 aromatic rings. The molecule has 0 atom stereocenters. The molecule has 1 aromatic carbocycles. The van der Waals surface area contributed by atoms with Crippen LogP contribution < -0.4 is 5.43 Å². The summed E-state index contributed by atoms with van der Waals surface area (Å²) in [6.45, 7) is 0.948. The molecule has 2 amide bonds. The van der Waals surface area contributed by atoms with E-state index in [0.717, 1.165) is 10.6 Å². The topological polar surface area (TPSA) is 66.5 Å². The van der Waals surface area contributed by atoms with Crippen LogP contribution in [0.3, 0.4) is 0 Å². The van der Waals surface area contributed by atoms with Crippen LogP contribution in [0.15, 0.2) is 36.4 Å². The molecule has 18 heavy (non-hydrogen) atoms. The van der Waals surface area contributed by atoms with E-state index in [1.165, 1.54) is 13.0 Å². The minimum Gasteiger partial charge on any atom is -0.289 e. The van der Waals surface area contributed by atoms with Crippen molar-refractivity contribution in [3.8, 4) is 0 Å². The molecule has 0 aliphatic heterocycles. The normalized spacial score (nSPS) is 10.1. The summed E-state index contributed by atoms with van der Waals surface area (Å²) in [6, 6.07) is 9.21. The molecule has 1 N–H and O–H groups in total. The van der Waals surface area contributed by atoms with Crippen LogP contribution in [0.25, 0.3) is 6.08 Å². The van der Waals surface area contributed by atoms with Gasteiger partial charge < -0.3 is 0 Å². The Morgan fingerprint density at radius 2 is 2.00 bits per heavy atom. The van der Waals surface area contributed by atoms with Crippen LogP contribution in [0.4, 0.5) is 0 Å². The summed E-state index contributed by atoms with van der Waals surface area (Å²) in [4.78, 5) is 32.8. The fourth-order valence-corrected chi connectivity index (χ4v) is 1.25. The van der Waals surface area contributed by atoms with E-state index in [1.807, 2.05) is 30.3 Å². The van der Waals surface area contributed by atoms with Gasteiger partial charge in [0.25, 0.3) is 5.91 Å². The summed E-state index contributed by atoms with van der Waals surface area (Å²) in [5.41, 5.74) is 3.10. The lowest BCUT2D eigenvalue weighted by atomic mass is 10.2. The van der Waals surface area contributed by atoms with Crippen molar-refractivity contribution in [1.82, 2.24) is 10.4 Å². The van der Waals surface area contributed by atoms with Crippen molar-refractivity contribution in [2.24, 2.45) is 0 Å². The molecule has 0 aliphatic rings. The molecule has 0 aliphatic carbocycles. The van der Waals surface area contributed by atoms with E-state index in [0.29, 0.717) is 0 Å². The number of hydrazine groups is 1. The summed E-state index contributed by atoms with van der Waals surface area (Å²) in [5.74, 6) is -0.913. The van der Waals surface area contributed by atoms with Gasteiger partial charge in [-0.05, 0) is 11.6 Å². The predicted molar refractivity (Wildman–Crippen MR) is 66.7 cm³/mol. The molecule has 0 saturated heterocycles. The Morgan fingerprint density at radius 1 is 1.33 bits per heavy atom. The number of amides is 2. The molecule has 93 valence electrons. The van der Waals surface area contributed by atoms with Gasteiger partial charge in [-0.15, -0.1) is 0 Å². The molecule has 0 spiro atoms. The minimum absolute atomic E-state index is 0.308. The van der Waals surface area contributed by atoms with Crippen molar-refractivity contribution in [2.45, 2.75) is 6.92 Å². The van der Waals surface area contributed by atoms with Crippen molar-refractivity contribution < 1.29 is 14.4 Å². The molecule has 5 nitrogen and oxygen atoms in total. The monoisotopic (exact) mass is 245 g/mol. The Balaban J connectivity index is 2.69. The number of carbonyl (C=O) groups excluding carboxylic acids is 3. The molecule has 5 heteroatoms. The molecular formula is C13H13N2O3. The summed E-state index contributed by atoms with van der Waals surface area (Å²) >= 11 is 0. The summed E-state index contributed by atoms with van der Waals surface area (Å²) in [6.07, 6.45) is 4.44. The highest BCUT2D eigenvalue weighted by Gasteiger charge is 2.11. The van der Waals surface area contributed by atoms with E-state index in [1.54, 1.807) is 12.4 Å². The molecule has 0 aromatic heterocycles. The SMILES string of the molecule is CC(=O)NN(C[C]=O)C(=O)/C=C/c1ccccc1. The quantitative estimate of drug-likeness (QED) is 0.627. The molecule has 1 radical (unpaired) electrons. The van der Waals surface area contributed by atoms with Crippen molar-refractivity contribution in [1.29, 1.82) is 0 Å². The predicted octanol–water partition coefficient (Wildman–Crippen LogP) is 0.689. The van der Waals surface area contributed by atoms with E-state index < -0.39 is 11.8 Å². The third-order valence-electron chi connectivity index (χ3n) is 2.00. The largest absolute Gasteiger partial charge is 0.289 e. The molecule has 0 heterocycles. The van der Waals surface area contributed by atoms with Crippen LogP contribution in [-0.4, -0.2) is 29.7 Å². The number of hydrogen-bond acceptors (Lipinski definition) is 3. The molecule has 0 bridgehead atoms. The Kier molecular flexibility index (Phi) is 5.31. The lowest BCUT2D eigenvalue weighted by Gasteiger charge is -2.17. The third kappa shape index (κ3) is 4.61. The van der Waals surface area contributed by atoms with Gasteiger partial charge in [0.05, 0.1) is 0 Å². The maximum absolute atomic E-state index is 11.7. The Morgan fingerprint density at radius 3 is 2.56 bits per heavy atom. The maximum Gasteiger partial charge on any atom is 0.265 e. The first-order valence-electron chi connectivity index (χ1n) is 5.30. The number of hydrogen-bond donors (Lipinski definition) is 1. The van der Waals surface area contributed by atoms with Gasteiger partial charge in [0.1, 0.15) is 6.54 Å². The Bertz CT molecular complexity index is 455. The van der Waals surface area contributed by atoms with Crippen LogP contribution in [0.2, 0.25) is 0 Å². The molecule has 0 saturated carbocycles. The first-order chi connectivity index (χ1) is 8.63. The minimum atomic E-state index is -0.489. The second-order valence-corrected chi connectivity index (χ2v) is 3.48. The van der Waals surface area contributed by atoms with Gasteiger partial charge in [0.2, 0.25) is 12.2 Å². The fourth-order valence-electron chi connectivity index (χ4n) is 1.25. The molecule has 1 rings (SSSR count). The second-order valence-electron chi connectivity index (χ2n) is 3.48. The van der Waals surface area contributed by atoms with Crippen LogP contribution in [0.5, 0.6) is 0 Å². The number of carbonyl (C=O) groups is 2. The van der Waals surface area contributed by atoms with Gasteiger partial charge in [-0.1, -0.05) is 30.3 Å². The van der Waals surface area contributed by atoms with Crippen LogP contribution >= 0.6 is 0 Å². The number of rotatable bonds is 4. The first kappa shape index (κ1) is 13.6. The van der Waals surface area contributed by atoms with E-state index in [-0.39, 0.29) is 6.54 Å². The average molecular weight is 245 g/mol. The van der Waals surface area contributed by atoms with Gasteiger partial charge in [0, 0.05) is 13.0 Å². The maximum atomic E-state index is 11.7. The first-order valence-corrected chi connectivity index (χ1v) is 5.30. The summed E-state index contributed by atoms with van der Waals surface area (Å²) in [5, 5.41) is 0.898. The van der Waals surface area contributed by atoms with E-state index >= 15 is 0 Å². The van der Waals surface area contributed by atoms with E-state index in [4.69, 9.17) is 0 Å². The lowest BCUT2D eigenvalue weighted by molar-refractivity contribution is -0.135. The highest BCUT2D eigenvalue weighted by Crippen LogP contribution is 2.01. The van der Waals surface area contributed by atoms with Gasteiger partial charge >= 0.3 is 0 Å².